The van der Waals surface area contributed by atoms with Gasteiger partial charge in [0, 0.05) is 6.07 Å². The number of anilines is 2. The fourth-order valence-electron chi connectivity index (χ4n) is 1.21. The van der Waals surface area contributed by atoms with Gasteiger partial charge in [-0.3, -0.25) is 0 Å². The van der Waals surface area contributed by atoms with E-state index in [1.54, 1.807) is 12.1 Å². The van der Waals surface area contributed by atoms with E-state index in [9.17, 15) is 5.11 Å². The first-order valence-corrected chi connectivity index (χ1v) is 4.88. The maximum atomic E-state index is 9.38. The Morgan fingerprint density at radius 1 is 1.00 bits per heavy atom. The van der Waals surface area contributed by atoms with E-state index in [4.69, 9.17) is 11.5 Å². The normalized spacial score (nSPS) is 10.2. The van der Waals surface area contributed by atoms with Gasteiger partial charge in [0.15, 0.2) is 17.4 Å². The Hall–Kier alpha value is -2.34. The summed E-state index contributed by atoms with van der Waals surface area (Å²) in [5.74, 6) is -0.0673. The average Bonchev–Trinajstić information content (AvgIpc) is 2.33. The predicted octanol–water partition coefficient (Wildman–Crippen LogP) is 2.79. The fraction of sp³-hybridized carbons (Fsp3) is 0. The van der Waals surface area contributed by atoms with Gasteiger partial charge in [-0.25, -0.2) is 4.98 Å². The van der Waals surface area contributed by atoms with Crippen LogP contribution in [0.5, 0.6) is 5.75 Å². The Balaban J connectivity index is 0.00000162. The van der Waals surface area contributed by atoms with Crippen LogP contribution >= 0.6 is 12.4 Å². The third-order valence-corrected chi connectivity index (χ3v) is 2.07. The maximum absolute atomic E-state index is 9.38. The molecule has 6 nitrogen and oxygen atoms in total. The van der Waals surface area contributed by atoms with Crippen molar-refractivity contribution in [2.24, 2.45) is 10.2 Å². The zero-order valence-corrected chi connectivity index (χ0v) is 10.1. The average molecular weight is 266 g/mol. The van der Waals surface area contributed by atoms with Gasteiger partial charge in [-0.2, -0.15) is 5.11 Å². The first-order chi connectivity index (χ1) is 8.16. The third kappa shape index (κ3) is 3.08. The van der Waals surface area contributed by atoms with Crippen LogP contribution in [0, 0.1) is 0 Å². The van der Waals surface area contributed by atoms with Crippen molar-refractivity contribution in [1.29, 1.82) is 0 Å². The van der Waals surface area contributed by atoms with E-state index in [-0.39, 0.29) is 35.5 Å². The molecule has 0 atom stereocenters. The molecular formula is C11H12ClN5O. The van der Waals surface area contributed by atoms with E-state index in [1.165, 1.54) is 6.07 Å². The van der Waals surface area contributed by atoms with Gasteiger partial charge < -0.3 is 16.6 Å². The Bertz CT molecular complexity index is 559. The molecule has 0 saturated heterocycles. The Morgan fingerprint density at radius 3 is 2.33 bits per heavy atom. The first-order valence-electron chi connectivity index (χ1n) is 4.88. The van der Waals surface area contributed by atoms with Crippen molar-refractivity contribution in [2.45, 2.75) is 0 Å². The van der Waals surface area contributed by atoms with Gasteiger partial charge in [-0.05, 0) is 12.1 Å². The smallest absolute Gasteiger partial charge is 0.168 e. The fourth-order valence-corrected chi connectivity index (χ4v) is 1.21. The van der Waals surface area contributed by atoms with E-state index in [0.29, 0.717) is 5.69 Å². The number of aromatic hydroxyl groups is 1. The number of nitrogens with two attached hydrogens (primary N) is 2. The lowest BCUT2D eigenvalue weighted by Crippen LogP contribution is -1.96. The van der Waals surface area contributed by atoms with Crippen LogP contribution in [0.3, 0.4) is 0 Å². The van der Waals surface area contributed by atoms with Gasteiger partial charge in [0.1, 0.15) is 5.69 Å². The van der Waals surface area contributed by atoms with Crippen molar-refractivity contribution in [3.8, 4) is 5.75 Å². The van der Waals surface area contributed by atoms with E-state index in [1.807, 2.05) is 18.2 Å². The van der Waals surface area contributed by atoms with Gasteiger partial charge in [0.2, 0.25) is 0 Å². The Kier molecular flexibility index (Phi) is 4.45. The summed E-state index contributed by atoms with van der Waals surface area (Å²) in [6, 6.07) is 10.5. The van der Waals surface area contributed by atoms with Crippen LogP contribution in [0.2, 0.25) is 0 Å². The molecule has 0 aliphatic carbocycles. The van der Waals surface area contributed by atoms with Gasteiger partial charge in [-0.15, -0.1) is 17.5 Å². The first kappa shape index (κ1) is 13.7. The lowest BCUT2D eigenvalue weighted by Gasteiger charge is -2.01. The molecule has 7 heteroatoms. The minimum Gasteiger partial charge on any atom is -0.504 e. The summed E-state index contributed by atoms with van der Waals surface area (Å²) in [6.45, 7) is 0. The molecule has 18 heavy (non-hydrogen) atoms. The number of hydrogen-bond donors (Lipinski definition) is 3. The Labute approximate surface area is 110 Å². The highest BCUT2D eigenvalue weighted by molar-refractivity contribution is 5.85. The largest absolute Gasteiger partial charge is 0.504 e. The summed E-state index contributed by atoms with van der Waals surface area (Å²) in [4.78, 5) is 3.74. The van der Waals surface area contributed by atoms with Crippen LogP contribution in [0.15, 0.2) is 46.6 Å². The zero-order valence-electron chi connectivity index (χ0n) is 9.32. The second-order valence-electron chi connectivity index (χ2n) is 3.33. The molecule has 94 valence electrons. The molecular weight excluding hydrogens is 254 g/mol. The van der Waals surface area contributed by atoms with Crippen molar-refractivity contribution in [3.05, 3.63) is 36.4 Å². The molecule has 1 heterocycles. The molecule has 0 unspecified atom stereocenters. The van der Waals surface area contributed by atoms with Crippen LogP contribution in [0.4, 0.5) is 23.0 Å². The summed E-state index contributed by atoms with van der Waals surface area (Å²) in [7, 11) is 0. The predicted molar refractivity (Wildman–Crippen MR) is 72.6 cm³/mol. The van der Waals surface area contributed by atoms with E-state index in [0.717, 1.165) is 0 Å². The minimum atomic E-state index is -0.166. The number of pyridine rings is 1. The third-order valence-electron chi connectivity index (χ3n) is 2.07. The van der Waals surface area contributed by atoms with Crippen molar-refractivity contribution in [1.82, 2.24) is 4.98 Å². The molecule has 5 N–H and O–H groups in total. The maximum Gasteiger partial charge on any atom is 0.168 e. The summed E-state index contributed by atoms with van der Waals surface area (Å²) in [5.41, 5.74) is 11.9. The molecule has 0 aliphatic heterocycles. The molecule has 1 aromatic heterocycles. The summed E-state index contributed by atoms with van der Waals surface area (Å²) in [6.07, 6.45) is 0. The van der Waals surface area contributed by atoms with Crippen molar-refractivity contribution in [3.63, 3.8) is 0 Å². The number of benzene rings is 1. The van der Waals surface area contributed by atoms with Crippen LogP contribution in [0.1, 0.15) is 0 Å². The summed E-state index contributed by atoms with van der Waals surface area (Å²) in [5, 5.41) is 17.2. The zero-order chi connectivity index (χ0) is 12.3. The number of halogens is 1. The lowest BCUT2D eigenvalue weighted by molar-refractivity contribution is 0.476. The highest BCUT2D eigenvalue weighted by Crippen LogP contribution is 2.30. The molecule has 0 aliphatic rings. The van der Waals surface area contributed by atoms with E-state index < -0.39 is 0 Å². The molecule has 2 rings (SSSR count). The number of nitrogen functional groups attached to an aromatic ring is 2. The van der Waals surface area contributed by atoms with Crippen LogP contribution in [-0.4, -0.2) is 10.1 Å². The molecule has 0 radical (unpaired) electrons. The topological polar surface area (TPSA) is 110 Å². The number of rotatable bonds is 2. The Morgan fingerprint density at radius 2 is 1.67 bits per heavy atom. The van der Waals surface area contributed by atoms with Crippen molar-refractivity contribution in [2.75, 3.05) is 11.5 Å². The number of azo groups is 1. The minimum absolute atomic E-state index is 0. The second-order valence-corrected chi connectivity index (χ2v) is 3.33. The second kappa shape index (κ2) is 5.83. The monoisotopic (exact) mass is 265 g/mol. The van der Waals surface area contributed by atoms with Crippen LogP contribution in [-0.2, 0) is 0 Å². The number of aromatic nitrogens is 1. The van der Waals surface area contributed by atoms with Gasteiger partial charge in [-0.1, -0.05) is 18.2 Å². The highest BCUT2D eigenvalue weighted by Gasteiger charge is 2.05. The molecule has 0 bridgehead atoms. The highest BCUT2D eigenvalue weighted by atomic mass is 35.5. The van der Waals surface area contributed by atoms with Crippen molar-refractivity contribution < 1.29 is 5.11 Å². The molecule has 0 saturated carbocycles. The lowest BCUT2D eigenvalue weighted by atomic mass is 10.3. The molecule has 0 amide bonds. The quantitative estimate of drug-likeness (QED) is 0.725. The molecule has 2 aromatic rings. The van der Waals surface area contributed by atoms with E-state index in [2.05, 4.69) is 15.2 Å². The number of hydrogen-bond acceptors (Lipinski definition) is 6. The van der Waals surface area contributed by atoms with Gasteiger partial charge in [0.05, 0.1) is 5.69 Å². The molecule has 0 fully saturated rings. The van der Waals surface area contributed by atoms with Gasteiger partial charge in [0.25, 0.3) is 0 Å². The SMILES string of the molecule is Cl.Nc1nc(N)c(N=Nc2ccccc2)cc1O. The van der Waals surface area contributed by atoms with Crippen LogP contribution in [0.25, 0.3) is 0 Å². The summed E-state index contributed by atoms with van der Waals surface area (Å²) < 4.78 is 0. The molecule has 0 spiro atoms. The van der Waals surface area contributed by atoms with Crippen molar-refractivity contribution >= 4 is 35.4 Å². The number of nitrogens with zero attached hydrogens (tertiary/aromatic N) is 3. The molecule has 1 aromatic carbocycles. The van der Waals surface area contributed by atoms with Gasteiger partial charge >= 0.3 is 0 Å². The standard InChI is InChI=1S/C11H11N5O.ClH/c12-10-8(6-9(17)11(13)14-10)16-15-7-4-2-1-3-5-7;/h1-6,17H,(H4,12,13,14);1H. The summed E-state index contributed by atoms with van der Waals surface area (Å²) >= 11 is 0. The van der Waals surface area contributed by atoms with Crippen LogP contribution < -0.4 is 11.5 Å². The van der Waals surface area contributed by atoms with E-state index >= 15 is 0 Å².